The van der Waals surface area contributed by atoms with E-state index in [1.165, 1.54) is 11.3 Å². The summed E-state index contributed by atoms with van der Waals surface area (Å²) in [7, 11) is 6.75. The Morgan fingerprint density at radius 1 is 0.855 bits per heavy atom. The van der Waals surface area contributed by atoms with E-state index in [-0.39, 0.29) is 73.1 Å². The number of nitrogens with zero attached hydrogens (tertiary/aromatic N) is 4. The molecule has 3 rings (SSSR count). The molecule has 19 heteroatoms. The van der Waals surface area contributed by atoms with Crippen molar-refractivity contribution in [1.29, 1.82) is 0 Å². The van der Waals surface area contributed by atoms with Gasteiger partial charge < -0.3 is 48.9 Å². The lowest BCUT2D eigenvalue weighted by molar-refractivity contribution is -0.148. The van der Waals surface area contributed by atoms with Gasteiger partial charge in [0, 0.05) is 57.5 Å². The number of likely N-dealkylation sites (N-methyl/N-ethyl adjacent to an activating group) is 2. The number of hydrogen-bond donors (Lipinski definition) is 2. The summed E-state index contributed by atoms with van der Waals surface area (Å²) >= 11 is 6.61. The quantitative estimate of drug-likeness (QED) is 0.0629. The number of halogens is 1. The molecule has 390 valence electrons. The lowest BCUT2D eigenvalue weighted by Gasteiger charge is -2.41. The molecule has 69 heavy (non-hydrogen) atoms. The van der Waals surface area contributed by atoms with Crippen LogP contribution >= 0.6 is 22.9 Å². The van der Waals surface area contributed by atoms with Crippen molar-refractivity contribution < 1.29 is 52.4 Å². The van der Waals surface area contributed by atoms with E-state index >= 15 is 0 Å². The van der Waals surface area contributed by atoms with Crippen molar-refractivity contribution in [2.45, 2.75) is 123 Å². The van der Waals surface area contributed by atoms with Crippen LogP contribution < -0.4 is 10.6 Å². The van der Waals surface area contributed by atoms with Gasteiger partial charge in [0.1, 0.15) is 17.7 Å². The van der Waals surface area contributed by atoms with Gasteiger partial charge in [0.15, 0.2) is 0 Å². The largest absolute Gasteiger partial charge is 0.451 e. The Morgan fingerprint density at radius 2 is 1.49 bits per heavy atom. The SMILES string of the molecule is CC[C@H](C)[C@@H]([C@@H](CC(=O)N1CCC[C@H]1[C@H](OC)[C@@H](C)C(=O)N[C@@H](Cc1ccccc1)c1nccs1)OC)N(C)C(=O)[C@@H](NC(=O)[C@H](C(C)C)N(C)CCOCCOCCOCCOC(=O)Cl)C(C)C. The van der Waals surface area contributed by atoms with Gasteiger partial charge in [-0.05, 0) is 49.6 Å². The van der Waals surface area contributed by atoms with Crippen LogP contribution in [0.1, 0.15) is 90.8 Å². The number of methoxy groups -OCH3 is 2. The van der Waals surface area contributed by atoms with E-state index in [4.69, 9.17) is 35.3 Å². The summed E-state index contributed by atoms with van der Waals surface area (Å²) in [5.41, 5.74) is 0.208. The molecule has 0 spiro atoms. The number of likely N-dealkylation sites (tertiary alicyclic amines) is 1. The fourth-order valence-electron chi connectivity index (χ4n) is 9.12. The Balaban J connectivity index is 1.65. The molecule has 0 bridgehead atoms. The molecule has 9 atom stereocenters. The molecule has 1 aromatic carbocycles. The molecule has 0 unspecified atom stereocenters. The molecule has 1 saturated heterocycles. The predicted octanol–water partition coefficient (Wildman–Crippen LogP) is 5.99. The second kappa shape index (κ2) is 31.6. The molecule has 2 heterocycles. The maximum atomic E-state index is 14.6. The maximum absolute atomic E-state index is 14.6. The first-order chi connectivity index (χ1) is 33.0. The highest BCUT2D eigenvalue weighted by Gasteiger charge is 2.43. The van der Waals surface area contributed by atoms with Crippen molar-refractivity contribution in [3.63, 3.8) is 0 Å². The number of aromatic nitrogens is 1. The van der Waals surface area contributed by atoms with Gasteiger partial charge in [-0.15, -0.1) is 11.3 Å². The molecular weight excluding hydrogens is 928 g/mol. The zero-order valence-electron chi connectivity index (χ0n) is 42.9. The average molecular weight is 1010 g/mol. The van der Waals surface area contributed by atoms with Gasteiger partial charge in [-0.3, -0.25) is 24.1 Å². The number of amides is 4. The zero-order chi connectivity index (χ0) is 51.0. The van der Waals surface area contributed by atoms with E-state index < -0.39 is 41.7 Å². The fraction of sp³-hybridized carbons (Fsp3) is 0.720. The van der Waals surface area contributed by atoms with Crippen molar-refractivity contribution in [3.05, 3.63) is 52.5 Å². The van der Waals surface area contributed by atoms with Crippen molar-refractivity contribution >= 4 is 52.0 Å². The molecule has 17 nitrogen and oxygen atoms in total. The van der Waals surface area contributed by atoms with E-state index in [9.17, 15) is 24.0 Å². The standard InChI is InChI=1S/C50H81ClN6O11S/c1-12-35(6)44(56(9)49(61)42(33(2)3)54-47(60)43(34(4)5)55(8)22-23-65-24-25-66-26-27-67-28-29-68-50(51)62)40(63-10)32-41(58)57-21-16-19-39(57)45(64-11)36(7)46(59)53-38(48-52-20-30-69-48)31-37-17-14-13-15-18-37/h13-15,17-18,20,30,33-36,38-40,42-45H,12,16,19,21-29,31-32H2,1-11H3,(H,53,59)(H,54,60)/t35-,36+,38-,39-,40+,42-,43-,44-,45+/m0/s1. The Kier molecular flexibility index (Phi) is 27.2. The van der Waals surface area contributed by atoms with E-state index in [0.29, 0.717) is 65.4 Å². The van der Waals surface area contributed by atoms with Gasteiger partial charge in [0.25, 0.3) is 0 Å². The highest BCUT2D eigenvalue weighted by Crippen LogP contribution is 2.31. The van der Waals surface area contributed by atoms with Gasteiger partial charge >= 0.3 is 5.43 Å². The van der Waals surface area contributed by atoms with E-state index in [1.54, 1.807) is 32.4 Å². The summed E-state index contributed by atoms with van der Waals surface area (Å²) in [6.45, 7) is 16.7. The normalized spacial score (nSPS) is 17.5. The van der Waals surface area contributed by atoms with Crippen LogP contribution in [0.4, 0.5) is 4.79 Å². The summed E-state index contributed by atoms with van der Waals surface area (Å²) in [6, 6.07) is 7.43. The van der Waals surface area contributed by atoms with Gasteiger partial charge in [0.05, 0.1) is 88.4 Å². The number of ether oxygens (including phenoxy) is 6. The van der Waals surface area contributed by atoms with Crippen LogP contribution in [0.2, 0.25) is 0 Å². The van der Waals surface area contributed by atoms with Crippen LogP contribution in [0.25, 0.3) is 0 Å². The average Bonchev–Trinajstić information content (AvgIpc) is 4.04. The van der Waals surface area contributed by atoms with Crippen LogP contribution in [0.3, 0.4) is 0 Å². The number of carbonyl (C=O) groups is 5. The lowest BCUT2D eigenvalue weighted by atomic mass is 9.89. The first kappa shape index (κ1) is 59.6. The Bertz CT molecular complexity index is 1810. The molecule has 2 N–H and O–H groups in total. The number of rotatable bonds is 33. The van der Waals surface area contributed by atoms with Crippen LogP contribution in [0, 0.1) is 23.7 Å². The molecule has 4 amide bonds. The molecule has 0 saturated carbocycles. The Hall–Kier alpha value is -3.75. The minimum atomic E-state index is -0.871. The topological polar surface area (TPSA) is 187 Å². The van der Waals surface area contributed by atoms with Crippen LogP contribution in [0.5, 0.6) is 0 Å². The highest BCUT2D eigenvalue weighted by molar-refractivity contribution is 7.09. The monoisotopic (exact) mass is 1010 g/mol. The molecular formula is C50H81ClN6O11S. The highest BCUT2D eigenvalue weighted by atomic mass is 35.5. The number of hydrogen-bond acceptors (Lipinski definition) is 14. The Morgan fingerprint density at radius 3 is 2.04 bits per heavy atom. The van der Waals surface area contributed by atoms with Crippen molar-refractivity contribution in [2.75, 3.05) is 87.7 Å². The van der Waals surface area contributed by atoms with Gasteiger partial charge in [0.2, 0.25) is 23.6 Å². The lowest BCUT2D eigenvalue weighted by Crippen LogP contribution is -2.60. The summed E-state index contributed by atoms with van der Waals surface area (Å²) in [4.78, 5) is 77.7. The number of benzene rings is 1. The van der Waals surface area contributed by atoms with Crippen molar-refractivity contribution in [1.82, 2.24) is 30.3 Å². The third-order valence-electron chi connectivity index (χ3n) is 13.0. The molecule has 2 aromatic rings. The van der Waals surface area contributed by atoms with E-state index in [2.05, 4.69) is 20.4 Å². The Labute approximate surface area is 419 Å². The van der Waals surface area contributed by atoms with E-state index in [1.807, 2.05) is 101 Å². The summed E-state index contributed by atoms with van der Waals surface area (Å²) in [5.74, 6) is -1.81. The van der Waals surface area contributed by atoms with Gasteiger partial charge in [-0.2, -0.15) is 0 Å². The summed E-state index contributed by atoms with van der Waals surface area (Å²) in [5, 5.41) is 9.05. The molecule has 1 aliphatic rings. The smallest absolute Gasteiger partial charge is 0.403 e. The number of thiazole rings is 1. The first-order valence-corrected chi connectivity index (χ1v) is 25.6. The second-order valence-electron chi connectivity index (χ2n) is 18.5. The third-order valence-corrected chi connectivity index (χ3v) is 14.0. The zero-order valence-corrected chi connectivity index (χ0v) is 44.4. The minimum absolute atomic E-state index is 0.0106. The first-order valence-electron chi connectivity index (χ1n) is 24.4. The van der Waals surface area contributed by atoms with E-state index in [0.717, 1.165) is 17.0 Å². The minimum Gasteiger partial charge on any atom is -0.451 e. The van der Waals surface area contributed by atoms with Crippen LogP contribution in [0.15, 0.2) is 41.9 Å². The second-order valence-corrected chi connectivity index (χ2v) is 19.8. The van der Waals surface area contributed by atoms with Gasteiger partial charge in [-0.25, -0.2) is 9.78 Å². The van der Waals surface area contributed by atoms with Gasteiger partial charge in [-0.1, -0.05) is 85.2 Å². The number of carbonyl (C=O) groups excluding carboxylic acids is 5. The van der Waals surface area contributed by atoms with Crippen LogP contribution in [-0.2, 0) is 54.0 Å². The number of nitrogens with one attached hydrogen (secondary N) is 2. The predicted molar refractivity (Wildman–Crippen MR) is 267 cm³/mol. The van der Waals surface area contributed by atoms with Crippen LogP contribution in [-0.4, -0.2) is 173 Å². The molecule has 1 fully saturated rings. The fourth-order valence-corrected chi connectivity index (χ4v) is 9.89. The summed E-state index contributed by atoms with van der Waals surface area (Å²) < 4.78 is 33.4. The maximum Gasteiger partial charge on any atom is 0.403 e. The molecule has 1 aliphatic heterocycles. The van der Waals surface area contributed by atoms with Crippen molar-refractivity contribution in [3.8, 4) is 0 Å². The molecule has 1 aromatic heterocycles. The third kappa shape index (κ3) is 19.1. The van der Waals surface area contributed by atoms with Crippen molar-refractivity contribution in [2.24, 2.45) is 23.7 Å². The molecule has 0 radical (unpaired) electrons. The molecule has 0 aliphatic carbocycles. The summed E-state index contributed by atoms with van der Waals surface area (Å²) in [6.07, 6.45) is 3.24.